The zero-order chi connectivity index (χ0) is 26.5. The second-order valence-corrected chi connectivity index (χ2v) is 10.3. The van der Waals surface area contributed by atoms with Crippen molar-refractivity contribution in [1.29, 1.82) is 5.41 Å². The van der Waals surface area contributed by atoms with Gasteiger partial charge in [0.15, 0.2) is 0 Å². The molecule has 0 radical (unpaired) electrons. The Bertz CT molecular complexity index is 1250. The van der Waals surface area contributed by atoms with Crippen LogP contribution in [0, 0.1) is 11.3 Å². The molecule has 2 fully saturated rings. The number of anilines is 1. The summed E-state index contributed by atoms with van der Waals surface area (Å²) in [5.41, 5.74) is 9.83. The Kier molecular flexibility index (Phi) is 8.05. The first-order valence-electron chi connectivity index (χ1n) is 13.5. The predicted molar refractivity (Wildman–Crippen MR) is 150 cm³/mol. The van der Waals surface area contributed by atoms with Crippen LogP contribution in [0.4, 0.5) is 5.69 Å². The van der Waals surface area contributed by atoms with Crippen LogP contribution in [-0.4, -0.2) is 54.0 Å². The number of carbonyl (C=O) groups excluding carboxylic acids is 1. The Morgan fingerprint density at radius 1 is 1.00 bits per heavy atom. The molecular formula is C31H36N4O3. The molecule has 5 N–H and O–H groups in total. The van der Waals surface area contributed by atoms with E-state index in [4.69, 9.17) is 21.0 Å². The van der Waals surface area contributed by atoms with Gasteiger partial charge in [-0.1, -0.05) is 30.3 Å². The zero-order valence-electron chi connectivity index (χ0n) is 21.6. The fourth-order valence-electron chi connectivity index (χ4n) is 5.14. The van der Waals surface area contributed by atoms with Gasteiger partial charge in [-0.15, -0.1) is 0 Å². The van der Waals surface area contributed by atoms with E-state index < -0.39 is 0 Å². The van der Waals surface area contributed by atoms with E-state index in [0.29, 0.717) is 34.8 Å². The number of ether oxygens (including phenoxy) is 1. The number of nitrogens with two attached hydrogens (primary N) is 1. The van der Waals surface area contributed by atoms with Gasteiger partial charge in [-0.05, 0) is 79.6 Å². The molecule has 1 aliphatic heterocycles. The van der Waals surface area contributed by atoms with Crippen molar-refractivity contribution in [2.24, 2.45) is 5.92 Å². The number of benzene rings is 3. The Balaban J connectivity index is 1.24. The molecule has 0 bridgehead atoms. The summed E-state index contributed by atoms with van der Waals surface area (Å²) in [6, 6.07) is 22.7. The Morgan fingerprint density at radius 3 is 2.34 bits per heavy atom. The number of nitrogens with one attached hydrogen (secondary N) is 2. The maximum atomic E-state index is 13.2. The zero-order valence-corrected chi connectivity index (χ0v) is 21.6. The van der Waals surface area contributed by atoms with Crippen LogP contribution < -0.4 is 15.8 Å². The molecule has 0 spiro atoms. The summed E-state index contributed by atoms with van der Waals surface area (Å²) < 4.78 is 6.16. The van der Waals surface area contributed by atoms with E-state index in [0.717, 1.165) is 50.1 Å². The molecular weight excluding hydrogens is 476 g/mol. The molecule has 38 heavy (non-hydrogen) atoms. The van der Waals surface area contributed by atoms with Crippen molar-refractivity contribution >= 4 is 17.3 Å². The van der Waals surface area contributed by atoms with E-state index in [-0.39, 0.29) is 30.4 Å². The maximum absolute atomic E-state index is 13.2. The molecule has 1 aliphatic carbocycles. The third kappa shape index (κ3) is 6.23. The summed E-state index contributed by atoms with van der Waals surface area (Å²) in [5.74, 6) is 1.07. The molecule has 5 rings (SSSR count). The third-order valence-electron chi connectivity index (χ3n) is 7.52. The van der Waals surface area contributed by atoms with E-state index >= 15 is 0 Å². The average molecular weight is 513 g/mol. The van der Waals surface area contributed by atoms with Gasteiger partial charge in [-0.2, -0.15) is 0 Å². The molecule has 1 amide bonds. The number of hydrogen-bond donors (Lipinski definition) is 4. The highest BCUT2D eigenvalue weighted by atomic mass is 16.5. The average Bonchev–Trinajstić information content (AvgIpc) is 3.79. The number of nitrogens with zero attached hydrogens (tertiary/aromatic N) is 1. The van der Waals surface area contributed by atoms with Gasteiger partial charge in [0.1, 0.15) is 11.9 Å². The number of piperidine rings is 1. The Labute approximate surface area is 224 Å². The highest BCUT2D eigenvalue weighted by molar-refractivity contribution is 6.14. The molecule has 7 heteroatoms. The first-order valence-corrected chi connectivity index (χ1v) is 13.5. The van der Waals surface area contributed by atoms with Gasteiger partial charge in [0.05, 0.1) is 18.4 Å². The SMILES string of the molecule is N=C(c1ccc(OC2CCN(CCO)CC2)cc1)c1cc(C(=O)NC(c2ccccc2)C2CC2)ccc1N. The van der Waals surface area contributed by atoms with Gasteiger partial charge in [0.2, 0.25) is 0 Å². The van der Waals surface area contributed by atoms with Crippen molar-refractivity contribution in [2.45, 2.75) is 37.8 Å². The van der Waals surface area contributed by atoms with Crippen molar-refractivity contribution in [3.63, 3.8) is 0 Å². The van der Waals surface area contributed by atoms with Crippen LogP contribution in [0.5, 0.6) is 5.75 Å². The van der Waals surface area contributed by atoms with E-state index in [2.05, 4.69) is 22.3 Å². The summed E-state index contributed by atoms with van der Waals surface area (Å²) in [7, 11) is 0. The van der Waals surface area contributed by atoms with Gasteiger partial charge >= 0.3 is 0 Å². The Morgan fingerprint density at radius 2 is 1.68 bits per heavy atom. The standard InChI is InChI=1S/C31H36N4O3/c32-28-13-10-24(31(37)34-30(23-6-7-23)22-4-2-1-3-5-22)20-27(28)29(33)21-8-11-25(12-9-21)38-26-14-16-35(17-15-26)18-19-36/h1-5,8-13,20,23,26,30,33,36H,6-7,14-19,32H2,(H,34,37). The quantitative estimate of drug-likeness (QED) is 0.238. The molecule has 3 aromatic rings. The van der Waals surface area contributed by atoms with E-state index in [1.807, 2.05) is 42.5 Å². The lowest BCUT2D eigenvalue weighted by Gasteiger charge is -2.31. The minimum absolute atomic E-state index is 0.0152. The van der Waals surface area contributed by atoms with Gasteiger partial charge in [0, 0.05) is 42.0 Å². The number of amides is 1. The monoisotopic (exact) mass is 512 g/mol. The van der Waals surface area contributed by atoms with Crippen LogP contribution in [0.15, 0.2) is 72.8 Å². The van der Waals surface area contributed by atoms with Gasteiger partial charge in [0.25, 0.3) is 5.91 Å². The molecule has 1 saturated carbocycles. The number of carbonyl (C=O) groups is 1. The molecule has 1 unspecified atom stereocenters. The van der Waals surface area contributed by atoms with Crippen molar-refractivity contribution in [3.05, 3.63) is 95.1 Å². The van der Waals surface area contributed by atoms with E-state index in [1.54, 1.807) is 18.2 Å². The highest BCUT2D eigenvalue weighted by Crippen LogP contribution is 2.41. The second kappa shape index (κ2) is 11.8. The maximum Gasteiger partial charge on any atom is 0.251 e. The summed E-state index contributed by atoms with van der Waals surface area (Å²) in [4.78, 5) is 15.5. The fourth-order valence-corrected chi connectivity index (χ4v) is 5.14. The fraction of sp³-hybridized carbons (Fsp3) is 0.355. The Hall–Kier alpha value is -3.68. The van der Waals surface area contributed by atoms with Crippen molar-refractivity contribution in [2.75, 3.05) is 32.0 Å². The largest absolute Gasteiger partial charge is 0.490 e. The number of aliphatic hydroxyl groups is 1. The minimum Gasteiger partial charge on any atom is -0.490 e. The molecule has 7 nitrogen and oxygen atoms in total. The van der Waals surface area contributed by atoms with Crippen molar-refractivity contribution < 1.29 is 14.6 Å². The number of β-amino-alcohol motifs (C(OH)–C–C–N with tert-alkyl or cyclic N) is 1. The lowest BCUT2D eigenvalue weighted by molar-refractivity contribution is 0.0889. The number of aliphatic hydroxyl groups excluding tert-OH is 1. The molecule has 1 saturated heterocycles. The van der Waals surface area contributed by atoms with Crippen LogP contribution in [-0.2, 0) is 0 Å². The third-order valence-corrected chi connectivity index (χ3v) is 7.52. The number of nitrogen functional groups attached to an aromatic ring is 1. The van der Waals surface area contributed by atoms with E-state index in [9.17, 15) is 4.79 Å². The van der Waals surface area contributed by atoms with Gasteiger partial charge in [-0.3, -0.25) is 10.2 Å². The molecule has 1 atom stereocenters. The molecule has 3 aromatic carbocycles. The topological polar surface area (TPSA) is 112 Å². The molecule has 0 aromatic heterocycles. The summed E-state index contributed by atoms with van der Waals surface area (Å²) in [5, 5.41) is 21.1. The number of hydrogen-bond acceptors (Lipinski definition) is 6. The first-order chi connectivity index (χ1) is 18.5. The van der Waals surface area contributed by atoms with Crippen molar-refractivity contribution in [1.82, 2.24) is 10.2 Å². The normalized spacial score (nSPS) is 17.1. The van der Waals surface area contributed by atoms with Crippen LogP contribution in [0.25, 0.3) is 0 Å². The summed E-state index contributed by atoms with van der Waals surface area (Å²) >= 11 is 0. The summed E-state index contributed by atoms with van der Waals surface area (Å²) in [6.07, 6.45) is 4.22. The number of likely N-dealkylation sites (tertiary alicyclic amines) is 1. The predicted octanol–water partition coefficient (Wildman–Crippen LogP) is 4.40. The van der Waals surface area contributed by atoms with E-state index in [1.165, 1.54) is 0 Å². The smallest absolute Gasteiger partial charge is 0.251 e. The van der Waals surface area contributed by atoms with Crippen LogP contribution in [0.3, 0.4) is 0 Å². The molecule has 1 heterocycles. The van der Waals surface area contributed by atoms with Crippen molar-refractivity contribution in [3.8, 4) is 5.75 Å². The second-order valence-electron chi connectivity index (χ2n) is 10.3. The highest BCUT2D eigenvalue weighted by Gasteiger charge is 2.33. The first kappa shape index (κ1) is 25.9. The molecule has 2 aliphatic rings. The van der Waals surface area contributed by atoms with Crippen LogP contribution in [0.1, 0.15) is 58.8 Å². The summed E-state index contributed by atoms with van der Waals surface area (Å²) in [6.45, 7) is 2.74. The number of rotatable bonds is 10. The minimum atomic E-state index is -0.159. The molecule has 198 valence electrons. The van der Waals surface area contributed by atoms with Crippen LogP contribution in [0.2, 0.25) is 0 Å². The van der Waals surface area contributed by atoms with Gasteiger partial charge < -0.3 is 25.8 Å². The van der Waals surface area contributed by atoms with Gasteiger partial charge in [-0.25, -0.2) is 0 Å². The lowest BCUT2D eigenvalue weighted by atomic mass is 9.97. The lowest BCUT2D eigenvalue weighted by Crippen LogP contribution is -2.39. The van der Waals surface area contributed by atoms with Crippen LogP contribution >= 0.6 is 0 Å².